The molecule has 1 rings (SSSR count). The van der Waals surface area contributed by atoms with Gasteiger partial charge in [-0.3, -0.25) is 0 Å². The van der Waals surface area contributed by atoms with E-state index in [-0.39, 0.29) is 12.1 Å². The maximum Gasteiger partial charge on any atom is 0.408 e. The summed E-state index contributed by atoms with van der Waals surface area (Å²) in [7, 11) is 0. The van der Waals surface area contributed by atoms with Gasteiger partial charge in [0.1, 0.15) is 11.4 Å². The van der Waals surface area contributed by atoms with Gasteiger partial charge in [0, 0.05) is 6.20 Å². The number of ether oxygens (including phenoxy) is 1. The molecule has 1 aromatic heterocycles. The molecule has 0 fully saturated rings. The molecule has 104 valence electrons. The maximum atomic E-state index is 11.4. The molecule has 0 atom stereocenters. The van der Waals surface area contributed by atoms with Crippen LogP contribution in [0.25, 0.3) is 0 Å². The van der Waals surface area contributed by atoms with Crippen LogP contribution < -0.4 is 5.32 Å². The second-order valence-electron chi connectivity index (χ2n) is 4.95. The first-order chi connectivity index (χ1) is 8.69. The van der Waals surface area contributed by atoms with Gasteiger partial charge >= 0.3 is 12.1 Å². The average Bonchev–Trinajstić information content (AvgIpc) is 2.23. The van der Waals surface area contributed by atoms with Crippen LogP contribution in [0.2, 0.25) is 0 Å². The van der Waals surface area contributed by atoms with E-state index in [0.717, 1.165) is 0 Å². The summed E-state index contributed by atoms with van der Waals surface area (Å²) in [5.74, 6) is -0.752. The van der Waals surface area contributed by atoms with Crippen molar-refractivity contribution < 1.29 is 19.4 Å². The summed E-state index contributed by atoms with van der Waals surface area (Å²) in [5, 5.41) is 11.3. The van der Waals surface area contributed by atoms with Crippen molar-refractivity contribution in [1.82, 2.24) is 15.3 Å². The molecule has 0 saturated heterocycles. The van der Waals surface area contributed by atoms with Gasteiger partial charge in [-0.05, 0) is 27.7 Å². The van der Waals surface area contributed by atoms with Crippen LogP contribution in [0.1, 0.15) is 42.6 Å². The molecule has 0 spiro atoms. The highest BCUT2D eigenvalue weighted by molar-refractivity contribution is 5.88. The van der Waals surface area contributed by atoms with E-state index in [0.29, 0.717) is 11.5 Å². The van der Waals surface area contributed by atoms with E-state index in [1.165, 1.54) is 6.20 Å². The van der Waals surface area contributed by atoms with Crippen LogP contribution in [0.4, 0.5) is 4.79 Å². The van der Waals surface area contributed by atoms with E-state index in [2.05, 4.69) is 15.3 Å². The topological polar surface area (TPSA) is 101 Å². The molecule has 19 heavy (non-hydrogen) atoms. The van der Waals surface area contributed by atoms with Gasteiger partial charge in [-0.15, -0.1) is 0 Å². The molecule has 1 heterocycles. The summed E-state index contributed by atoms with van der Waals surface area (Å²) < 4.78 is 5.05. The Hall–Kier alpha value is -2.18. The lowest BCUT2D eigenvalue weighted by Gasteiger charge is -2.19. The number of hydrogen-bond acceptors (Lipinski definition) is 5. The Kier molecular flexibility index (Phi) is 4.42. The minimum absolute atomic E-state index is 0.0426. The van der Waals surface area contributed by atoms with Gasteiger partial charge in [0.05, 0.1) is 17.8 Å². The molecular weight excluding hydrogens is 250 g/mol. The number of rotatable bonds is 3. The molecule has 0 radical (unpaired) electrons. The van der Waals surface area contributed by atoms with Crippen molar-refractivity contribution >= 4 is 12.1 Å². The molecule has 0 aromatic carbocycles. The smallest absolute Gasteiger partial charge is 0.408 e. The molecule has 0 aliphatic carbocycles. The lowest BCUT2D eigenvalue weighted by molar-refractivity contribution is 0.0521. The fourth-order valence-corrected chi connectivity index (χ4v) is 1.28. The number of aryl methyl sites for hydroxylation is 1. The summed E-state index contributed by atoms with van der Waals surface area (Å²) in [6.07, 6.45) is 0.646. The van der Waals surface area contributed by atoms with Gasteiger partial charge in [-0.1, -0.05) is 0 Å². The third-order valence-corrected chi connectivity index (χ3v) is 2.05. The number of carbonyl (C=O) groups excluding carboxylic acids is 1. The molecule has 0 unspecified atom stereocenters. The van der Waals surface area contributed by atoms with Gasteiger partial charge in [0.2, 0.25) is 0 Å². The third-order valence-electron chi connectivity index (χ3n) is 2.05. The van der Waals surface area contributed by atoms with Crippen molar-refractivity contribution in [2.45, 2.75) is 39.8 Å². The van der Waals surface area contributed by atoms with Gasteiger partial charge in [0.15, 0.2) is 0 Å². The van der Waals surface area contributed by atoms with E-state index in [9.17, 15) is 9.59 Å². The van der Waals surface area contributed by atoms with Gasteiger partial charge in [0.25, 0.3) is 0 Å². The fraction of sp³-hybridized carbons (Fsp3) is 0.500. The molecule has 0 aliphatic heterocycles. The lowest BCUT2D eigenvalue weighted by atomic mass is 10.2. The highest BCUT2D eigenvalue weighted by Gasteiger charge is 2.16. The highest BCUT2D eigenvalue weighted by Crippen LogP contribution is 2.07. The third kappa shape index (κ3) is 4.90. The molecule has 7 nitrogen and oxygen atoms in total. The summed E-state index contributed by atoms with van der Waals surface area (Å²) in [6, 6.07) is 0. The molecular formula is C12H17N3O4. The predicted molar refractivity (Wildman–Crippen MR) is 66.8 cm³/mol. The van der Waals surface area contributed by atoms with E-state index in [1.54, 1.807) is 27.7 Å². The Labute approximate surface area is 111 Å². The molecule has 0 bridgehead atoms. The van der Waals surface area contributed by atoms with Crippen molar-refractivity contribution in [3.05, 3.63) is 23.3 Å². The number of nitrogens with zero attached hydrogens (tertiary/aromatic N) is 2. The first kappa shape index (κ1) is 14.9. The Morgan fingerprint density at radius 1 is 1.42 bits per heavy atom. The quantitative estimate of drug-likeness (QED) is 0.860. The van der Waals surface area contributed by atoms with Crippen LogP contribution in [-0.4, -0.2) is 32.7 Å². The average molecular weight is 267 g/mol. The minimum atomic E-state index is -1.08. The Morgan fingerprint density at radius 2 is 2.05 bits per heavy atom. The van der Waals surface area contributed by atoms with E-state index in [4.69, 9.17) is 9.84 Å². The first-order valence-corrected chi connectivity index (χ1v) is 5.71. The summed E-state index contributed by atoms with van der Waals surface area (Å²) in [4.78, 5) is 30.1. The maximum absolute atomic E-state index is 11.4. The van der Waals surface area contributed by atoms with E-state index >= 15 is 0 Å². The Morgan fingerprint density at radius 3 is 2.53 bits per heavy atom. The van der Waals surface area contributed by atoms with Crippen LogP contribution in [0.3, 0.4) is 0 Å². The van der Waals surface area contributed by atoms with Crippen LogP contribution in [0.5, 0.6) is 0 Å². The summed E-state index contributed by atoms with van der Waals surface area (Å²) >= 11 is 0. The van der Waals surface area contributed by atoms with Gasteiger partial charge in [-0.25, -0.2) is 19.6 Å². The van der Waals surface area contributed by atoms with Crippen molar-refractivity contribution in [3.63, 3.8) is 0 Å². The van der Waals surface area contributed by atoms with Crippen LogP contribution in [-0.2, 0) is 11.3 Å². The van der Waals surface area contributed by atoms with Crippen molar-refractivity contribution in [2.24, 2.45) is 0 Å². The second-order valence-corrected chi connectivity index (χ2v) is 4.95. The Balaban J connectivity index is 2.62. The normalized spacial score (nSPS) is 10.9. The number of carboxylic acid groups (broad SMARTS) is 1. The zero-order valence-corrected chi connectivity index (χ0v) is 11.4. The largest absolute Gasteiger partial charge is 0.478 e. The molecule has 0 aliphatic rings. The summed E-state index contributed by atoms with van der Waals surface area (Å²) in [5.41, 5.74) is -0.182. The van der Waals surface area contributed by atoms with Crippen LogP contribution >= 0.6 is 0 Å². The zero-order chi connectivity index (χ0) is 14.6. The number of hydrogen-bond donors (Lipinski definition) is 2. The number of alkyl carbamates (subject to hydrolysis) is 1. The van der Waals surface area contributed by atoms with Crippen molar-refractivity contribution in [3.8, 4) is 0 Å². The number of carbonyl (C=O) groups is 2. The molecule has 2 N–H and O–H groups in total. The minimum Gasteiger partial charge on any atom is -0.478 e. The van der Waals surface area contributed by atoms with Crippen LogP contribution in [0, 0.1) is 6.92 Å². The van der Waals surface area contributed by atoms with Crippen molar-refractivity contribution in [1.29, 1.82) is 0 Å². The number of nitrogens with one attached hydrogen (secondary N) is 1. The van der Waals surface area contributed by atoms with Gasteiger partial charge in [-0.2, -0.15) is 0 Å². The van der Waals surface area contributed by atoms with Gasteiger partial charge < -0.3 is 15.2 Å². The lowest BCUT2D eigenvalue weighted by Crippen LogP contribution is -2.32. The number of aromatic nitrogens is 2. The second kappa shape index (κ2) is 5.64. The molecule has 1 aromatic rings. The van der Waals surface area contributed by atoms with Crippen molar-refractivity contribution in [2.75, 3.05) is 0 Å². The number of aromatic carboxylic acids is 1. The predicted octanol–water partition coefficient (Wildman–Crippen LogP) is 1.51. The first-order valence-electron chi connectivity index (χ1n) is 5.71. The standard InChI is InChI=1S/C12H17N3O4/c1-7-8(10(16)17)5-13-9(15-7)6-14-11(18)19-12(2,3)4/h5H,6H2,1-4H3,(H,14,18)(H,16,17). The number of amides is 1. The van der Waals surface area contributed by atoms with Crippen LogP contribution in [0.15, 0.2) is 6.20 Å². The van der Waals surface area contributed by atoms with E-state index in [1.807, 2.05) is 0 Å². The number of carboxylic acids is 1. The zero-order valence-electron chi connectivity index (χ0n) is 11.4. The molecule has 1 amide bonds. The SMILES string of the molecule is Cc1nc(CNC(=O)OC(C)(C)C)ncc1C(=O)O. The summed E-state index contributed by atoms with van der Waals surface area (Å²) in [6.45, 7) is 6.93. The molecule has 0 saturated carbocycles. The highest BCUT2D eigenvalue weighted by atomic mass is 16.6. The van der Waals surface area contributed by atoms with E-state index < -0.39 is 17.7 Å². The molecule has 7 heteroatoms. The fourth-order valence-electron chi connectivity index (χ4n) is 1.28. The Bertz CT molecular complexity index is 494. The monoisotopic (exact) mass is 267 g/mol.